The molecule has 19 heavy (non-hydrogen) atoms. The van der Waals surface area contributed by atoms with Gasteiger partial charge in [-0.25, -0.2) is 4.79 Å². The highest BCUT2D eigenvalue weighted by Gasteiger charge is 2.32. The van der Waals surface area contributed by atoms with Crippen molar-refractivity contribution in [2.45, 2.75) is 26.8 Å². The summed E-state index contributed by atoms with van der Waals surface area (Å²) in [6.45, 7) is 5.26. The Morgan fingerprint density at radius 3 is 2.37 bits per heavy atom. The molecule has 1 amide bonds. The van der Waals surface area contributed by atoms with Gasteiger partial charge in [-0.05, 0) is 39.5 Å². The van der Waals surface area contributed by atoms with Crippen molar-refractivity contribution in [3.05, 3.63) is 28.2 Å². The predicted octanol–water partition coefficient (Wildman–Crippen LogP) is 2.26. The Labute approximate surface area is 120 Å². The Kier molecular flexibility index (Phi) is 4.57. The summed E-state index contributed by atoms with van der Waals surface area (Å²) in [7, 11) is 0. The molecule has 1 unspecified atom stereocenters. The summed E-state index contributed by atoms with van der Waals surface area (Å²) in [6.07, 6.45) is 0. The number of rotatable bonds is 3. The number of carbonyl (C=O) groups excluding carboxylic acids is 1. The number of hydrogen-bond donors (Lipinski definition) is 3. The molecule has 0 saturated carbocycles. The Morgan fingerprint density at radius 1 is 1.37 bits per heavy atom. The summed E-state index contributed by atoms with van der Waals surface area (Å²) in [5.41, 5.74) is 5.87. The van der Waals surface area contributed by atoms with Gasteiger partial charge < -0.3 is 16.2 Å². The second-order valence-electron chi connectivity index (χ2n) is 5.35. The number of carboxylic acid groups (broad SMARTS) is 1. The Morgan fingerprint density at radius 2 is 1.95 bits per heavy atom. The molecule has 0 aliphatic heterocycles. The van der Waals surface area contributed by atoms with Crippen molar-refractivity contribution in [3.63, 3.8) is 0 Å². The van der Waals surface area contributed by atoms with E-state index in [1.54, 1.807) is 32.9 Å². The number of carboxylic acids is 1. The molecule has 6 heteroatoms. The highest BCUT2D eigenvalue weighted by Crippen LogP contribution is 2.22. The van der Waals surface area contributed by atoms with Crippen LogP contribution in [0, 0.1) is 5.41 Å². The topological polar surface area (TPSA) is 92.4 Å². The lowest BCUT2D eigenvalue weighted by atomic mass is 9.86. The molecule has 1 aromatic rings. The number of benzene rings is 1. The molecule has 0 spiro atoms. The van der Waals surface area contributed by atoms with Gasteiger partial charge in [0.25, 0.3) is 5.91 Å². The van der Waals surface area contributed by atoms with E-state index in [1.165, 1.54) is 6.07 Å². The van der Waals surface area contributed by atoms with E-state index < -0.39 is 23.3 Å². The molecule has 0 aliphatic rings. The highest BCUT2D eigenvalue weighted by atomic mass is 79.9. The first-order valence-corrected chi connectivity index (χ1v) is 6.51. The minimum atomic E-state index is -1.06. The van der Waals surface area contributed by atoms with Crippen molar-refractivity contribution in [1.29, 1.82) is 0 Å². The van der Waals surface area contributed by atoms with Gasteiger partial charge in [0.2, 0.25) is 0 Å². The third-order valence-corrected chi connectivity index (χ3v) is 3.37. The van der Waals surface area contributed by atoms with Crippen LogP contribution in [-0.4, -0.2) is 23.0 Å². The van der Waals surface area contributed by atoms with Crippen LogP contribution >= 0.6 is 15.9 Å². The van der Waals surface area contributed by atoms with Crippen molar-refractivity contribution >= 4 is 33.5 Å². The molecule has 4 N–H and O–H groups in total. The summed E-state index contributed by atoms with van der Waals surface area (Å²) in [5.74, 6) is -1.52. The lowest BCUT2D eigenvalue weighted by Crippen LogP contribution is -2.49. The second kappa shape index (κ2) is 5.61. The average molecular weight is 329 g/mol. The van der Waals surface area contributed by atoms with Gasteiger partial charge in [-0.3, -0.25) is 4.79 Å². The Hall–Kier alpha value is -1.56. The van der Waals surface area contributed by atoms with Crippen molar-refractivity contribution in [2.24, 2.45) is 5.41 Å². The van der Waals surface area contributed by atoms with E-state index in [4.69, 9.17) is 10.8 Å². The normalized spacial score (nSPS) is 12.8. The molecule has 0 aromatic heterocycles. The van der Waals surface area contributed by atoms with E-state index in [9.17, 15) is 9.59 Å². The fourth-order valence-electron chi connectivity index (χ4n) is 1.55. The molecule has 0 fully saturated rings. The predicted molar refractivity (Wildman–Crippen MR) is 76.9 cm³/mol. The van der Waals surface area contributed by atoms with Crippen LogP contribution in [0.5, 0.6) is 0 Å². The van der Waals surface area contributed by atoms with E-state index in [-0.39, 0.29) is 0 Å². The number of amides is 1. The zero-order valence-corrected chi connectivity index (χ0v) is 12.6. The second-order valence-corrected chi connectivity index (χ2v) is 6.20. The zero-order chi connectivity index (χ0) is 14.8. The molecule has 0 aliphatic carbocycles. The van der Waals surface area contributed by atoms with Gasteiger partial charge in [-0.15, -0.1) is 0 Å². The summed E-state index contributed by atoms with van der Waals surface area (Å²) in [6, 6.07) is 3.76. The SMILES string of the molecule is CC(C)(C)C(NC(=O)c1ccc(Br)c(N)c1)C(=O)O. The van der Waals surface area contributed by atoms with E-state index >= 15 is 0 Å². The van der Waals surface area contributed by atoms with Gasteiger partial charge in [0.15, 0.2) is 0 Å². The number of anilines is 1. The number of halogens is 1. The third kappa shape index (κ3) is 3.96. The van der Waals surface area contributed by atoms with E-state index in [1.807, 2.05) is 0 Å². The van der Waals surface area contributed by atoms with Crippen LogP contribution in [0.15, 0.2) is 22.7 Å². The Balaban J connectivity index is 2.94. The van der Waals surface area contributed by atoms with Crippen LogP contribution < -0.4 is 11.1 Å². The number of nitrogen functional groups attached to an aromatic ring is 1. The van der Waals surface area contributed by atoms with Gasteiger partial charge in [-0.2, -0.15) is 0 Å². The maximum Gasteiger partial charge on any atom is 0.326 e. The first-order chi connectivity index (χ1) is 8.62. The molecule has 5 nitrogen and oxygen atoms in total. The summed E-state index contributed by atoms with van der Waals surface area (Å²) in [5, 5.41) is 11.7. The molecular weight excluding hydrogens is 312 g/mol. The van der Waals surface area contributed by atoms with Gasteiger partial charge in [0, 0.05) is 15.7 Å². The number of aliphatic carboxylic acids is 1. The molecule has 0 bridgehead atoms. The van der Waals surface area contributed by atoms with Crippen molar-refractivity contribution in [1.82, 2.24) is 5.32 Å². The Bertz CT molecular complexity index is 509. The molecule has 0 saturated heterocycles. The molecule has 1 aromatic carbocycles. The van der Waals surface area contributed by atoms with Crippen molar-refractivity contribution in [2.75, 3.05) is 5.73 Å². The smallest absolute Gasteiger partial charge is 0.326 e. The monoisotopic (exact) mass is 328 g/mol. The number of carbonyl (C=O) groups is 2. The fourth-order valence-corrected chi connectivity index (χ4v) is 1.79. The maximum atomic E-state index is 12.0. The lowest BCUT2D eigenvalue weighted by molar-refractivity contribution is -0.142. The van der Waals surface area contributed by atoms with Gasteiger partial charge in [-0.1, -0.05) is 20.8 Å². The van der Waals surface area contributed by atoms with Crippen LogP contribution in [0.25, 0.3) is 0 Å². The average Bonchev–Trinajstić information content (AvgIpc) is 2.27. The first kappa shape index (κ1) is 15.5. The van der Waals surface area contributed by atoms with Gasteiger partial charge >= 0.3 is 5.97 Å². The minimum Gasteiger partial charge on any atom is -0.480 e. The standard InChI is InChI=1S/C13H17BrN2O3/c1-13(2,3)10(12(18)19)16-11(17)7-4-5-8(14)9(15)6-7/h4-6,10H,15H2,1-3H3,(H,16,17)(H,18,19). The number of hydrogen-bond acceptors (Lipinski definition) is 3. The number of nitrogens with two attached hydrogens (primary N) is 1. The van der Waals surface area contributed by atoms with E-state index in [2.05, 4.69) is 21.2 Å². The van der Waals surface area contributed by atoms with E-state index in [0.717, 1.165) is 0 Å². The lowest BCUT2D eigenvalue weighted by Gasteiger charge is -2.27. The quantitative estimate of drug-likeness (QED) is 0.742. The van der Waals surface area contributed by atoms with Crippen LogP contribution in [0.1, 0.15) is 31.1 Å². The summed E-state index contributed by atoms with van der Waals surface area (Å²) < 4.78 is 0.689. The molecular formula is C13H17BrN2O3. The summed E-state index contributed by atoms with van der Waals surface area (Å²) >= 11 is 3.23. The minimum absolute atomic E-state index is 0.330. The fraction of sp³-hybridized carbons (Fsp3) is 0.385. The van der Waals surface area contributed by atoms with Crippen LogP contribution in [-0.2, 0) is 4.79 Å². The van der Waals surface area contributed by atoms with Crippen LogP contribution in [0.2, 0.25) is 0 Å². The largest absolute Gasteiger partial charge is 0.480 e. The van der Waals surface area contributed by atoms with Crippen molar-refractivity contribution in [3.8, 4) is 0 Å². The summed E-state index contributed by atoms with van der Waals surface area (Å²) in [4.78, 5) is 23.2. The molecule has 0 radical (unpaired) electrons. The number of nitrogens with one attached hydrogen (secondary N) is 1. The third-order valence-electron chi connectivity index (χ3n) is 2.65. The zero-order valence-electron chi connectivity index (χ0n) is 11.0. The first-order valence-electron chi connectivity index (χ1n) is 5.71. The van der Waals surface area contributed by atoms with Crippen molar-refractivity contribution < 1.29 is 14.7 Å². The molecule has 0 heterocycles. The molecule has 1 rings (SSSR count). The van der Waals surface area contributed by atoms with Gasteiger partial charge in [0.05, 0.1) is 0 Å². The molecule has 1 atom stereocenters. The molecule has 104 valence electrons. The maximum absolute atomic E-state index is 12.0. The van der Waals surface area contributed by atoms with E-state index in [0.29, 0.717) is 15.7 Å². The highest BCUT2D eigenvalue weighted by molar-refractivity contribution is 9.10. The van der Waals surface area contributed by atoms with Crippen LogP contribution in [0.3, 0.4) is 0 Å². The van der Waals surface area contributed by atoms with Crippen LogP contribution in [0.4, 0.5) is 5.69 Å². The van der Waals surface area contributed by atoms with Gasteiger partial charge in [0.1, 0.15) is 6.04 Å².